The molecule has 0 bridgehead atoms. The van der Waals surface area contributed by atoms with Crippen LogP contribution in [0, 0.1) is 0 Å². The lowest BCUT2D eigenvalue weighted by Crippen LogP contribution is -2.07. The summed E-state index contributed by atoms with van der Waals surface area (Å²) in [5.74, 6) is -0.413. The van der Waals surface area contributed by atoms with Gasteiger partial charge in [-0.1, -0.05) is 30.3 Å². The molecule has 0 saturated carbocycles. The first-order valence-corrected chi connectivity index (χ1v) is 5.31. The van der Waals surface area contributed by atoms with Crippen LogP contribution < -0.4 is 0 Å². The topological polar surface area (TPSA) is 57.0 Å². The van der Waals surface area contributed by atoms with E-state index in [2.05, 4.69) is 27.0 Å². The first-order valence-electron chi connectivity index (χ1n) is 5.31. The number of carbonyl (C=O) groups is 1. The molecule has 1 aromatic heterocycles. The van der Waals surface area contributed by atoms with Gasteiger partial charge in [-0.2, -0.15) is 0 Å². The van der Waals surface area contributed by atoms with Crippen LogP contribution in [-0.4, -0.2) is 27.8 Å². The Bertz CT molecular complexity index is 493. The second-order valence-electron chi connectivity index (χ2n) is 3.56. The van der Waals surface area contributed by atoms with E-state index in [1.165, 1.54) is 19.0 Å². The minimum atomic E-state index is -0.511. The van der Waals surface area contributed by atoms with E-state index >= 15 is 0 Å². The molecule has 2 aromatic rings. The van der Waals surface area contributed by atoms with Gasteiger partial charge in [0.1, 0.15) is 6.33 Å². The minimum absolute atomic E-state index is 0.0977. The van der Waals surface area contributed by atoms with Crippen LogP contribution in [0.1, 0.15) is 16.2 Å². The van der Waals surface area contributed by atoms with Crippen LogP contribution >= 0.6 is 0 Å². The van der Waals surface area contributed by atoms with E-state index in [0.717, 1.165) is 6.42 Å². The number of nitrogens with zero attached hydrogens (tertiary/aromatic N) is 3. The van der Waals surface area contributed by atoms with Gasteiger partial charge >= 0.3 is 5.97 Å². The highest BCUT2D eigenvalue weighted by molar-refractivity contribution is 5.84. The number of methoxy groups -OCH3 is 1. The third kappa shape index (κ3) is 2.90. The quantitative estimate of drug-likeness (QED) is 0.744. The van der Waals surface area contributed by atoms with Crippen LogP contribution in [0.2, 0.25) is 0 Å². The molecule has 0 fully saturated rings. The Kier molecular flexibility index (Phi) is 3.49. The van der Waals surface area contributed by atoms with Gasteiger partial charge in [0, 0.05) is 6.54 Å². The van der Waals surface area contributed by atoms with E-state index < -0.39 is 5.97 Å². The van der Waals surface area contributed by atoms with E-state index in [4.69, 9.17) is 0 Å². The standard InChI is InChI=1S/C12H13N3O2/c1-17-12(16)11-13-9-15(14-11)8-7-10-5-3-2-4-6-10/h2-6,9H,7-8H2,1H3. The smallest absolute Gasteiger partial charge is 0.377 e. The Labute approximate surface area is 99.1 Å². The maximum Gasteiger partial charge on any atom is 0.377 e. The SMILES string of the molecule is COC(=O)c1ncn(CCc2ccccc2)n1. The summed E-state index contributed by atoms with van der Waals surface area (Å²) in [5.41, 5.74) is 1.22. The molecular formula is C12H13N3O2. The van der Waals surface area contributed by atoms with Gasteiger partial charge in [0.2, 0.25) is 0 Å². The maximum atomic E-state index is 11.1. The molecule has 0 N–H and O–H groups in total. The van der Waals surface area contributed by atoms with Crippen molar-refractivity contribution in [1.82, 2.24) is 14.8 Å². The number of hydrogen-bond acceptors (Lipinski definition) is 4. The minimum Gasteiger partial charge on any atom is -0.463 e. The molecule has 0 amide bonds. The van der Waals surface area contributed by atoms with Crippen molar-refractivity contribution in [3.8, 4) is 0 Å². The van der Waals surface area contributed by atoms with Gasteiger partial charge in [-0.25, -0.2) is 9.78 Å². The van der Waals surface area contributed by atoms with Gasteiger partial charge in [0.15, 0.2) is 0 Å². The van der Waals surface area contributed by atoms with Gasteiger partial charge in [-0.15, -0.1) is 5.10 Å². The number of ether oxygens (including phenoxy) is 1. The zero-order valence-corrected chi connectivity index (χ0v) is 9.54. The van der Waals surface area contributed by atoms with Crippen LogP contribution in [-0.2, 0) is 17.7 Å². The average molecular weight is 231 g/mol. The first kappa shape index (κ1) is 11.3. The summed E-state index contributed by atoms with van der Waals surface area (Å²) in [7, 11) is 1.31. The molecule has 0 aliphatic heterocycles. The van der Waals surface area contributed by atoms with Crippen LogP contribution in [0.4, 0.5) is 0 Å². The lowest BCUT2D eigenvalue weighted by Gasteiger charge is -2.00. The molecule has 17 heavy (non-hydrogen) atoms. The molecule has 0 aliphatic carbocycles. The van der Waals surface area contributed by atoms with Crippen molar-refractivity contribution in [1.29, 1.82) is 0 Å². The van der Waals surface area contributed by atoms with Crippen molar-refractivity contribution in [3.05, 3.63) is 48.0 Å². The molecule has 5 nitrogen and oxygen atoms in total. The molecule has 1 aromatic carbocycles. The van der Waals surface area contributed by atoms with E-state index in [-0.39, 0.29) is 5.82 Å². The zero-order chi connectivity index (χ0) is 12.1. The Morgan fingerprint density at radius 1 is 1.35 bits per heavy atom. The molecule has 2 rings (SSSR count). The molecular weight excluding hydrogens is 218 g/mol. The average Bonchev–Trinajstić information content (AvgIpc) is 2.85. The van der Waals surface area contributed by atoms with Crippen LogP contribution in [0.5, 0.6) is 0 Å². The van der Waals surface area contributed by atoms with E-state index in [1.807, 2.05) is 18.2 Å². The second-order valence-corrected chi connectivity index (χ2v) is 3.56. The molecule has 0 radical (unpaired) electrons. The number of esters is 1. The summed E-state index contributed by atoms with van der Waals surface area (Å²) in [6.45, 7) is 0.688. The predicted molar refractivity (Wildman–Crippen MR) is 61.5 cm³/mol. The molecule has 0 spiro atoms. The fourth-order valence-electron chi connectivity index (χ4n) is 1.48. The fraction of sp³-hybridized carbons (Fsp3) is 0.250. The van der Waals surface area contributed by atoms with Gasteiger partial charge in [-0.3, -0.25) is 4.68 Å². The Morgan fingerprint density at radius 3 is 2.82 bits per heavy atom. The van der Waals surface area contributed by atoms with Gasteiger partial charge in [0.25, 0.3) is 5.82 Å². The third-order valence-electron chi connectivity index (χ3n) is 2.38. The van der Waals surface area contributed by atoms with Crippen LogP contribution in [0.25, 0.3) is 0 Å². The lowest BCUT2D eigenvalue weighted by atomic mass is 10.2. The van der Waals surface area contributed by atoms with Crippen molar-refractivity contribution in [2.45, 2.75) is 13.0 Å². The highest BCUT2D eigenvalue weighted by Crippen LogP contribution is 2.01. The highest BCUT2D eigenvalue weighted by atomic mass is 16.5. The van der Waals surface area contributed by atoms with Gasteiger partial charge in [-0.05, 0) is 12.0 Å². The van der Waals surface area contributed by atoms with Crippen LogP contribution in [0.15, 0.2) is 36.7 Å². The second kappa shape index (κ2) is 5.25. The monoisotopic (exact) mass is 231 g/mol. The summed E-state index contributed by atoms with van der Waals surface area (Å²) in [5, 5.41) is 4.03. The van der Waals surface area contributed by atoms with E-state index in [1.54, 1.807) is 4.68 Å². The molecule has 1 heterocycles. The summed E-state index contributed by atoms with van der Waals surface area (Å²) < 4.78 is 6.17. The van der Waals surface area contributed by atoms with Crippen molar-refractivity contribution < 1.29 is 9.53 Å². The molecule has 0 aliphatic rings. The Balaban J connectivity index is 1.96. The number of rotatable bonds is 4. The van der Waals surface area contributed by atoms with Crippen molar-refractivity contribution in [2.75, 3.05) is 7.11 Å². The van der Waals surface area contributed by atoms with Crippen molar-refractivity contribution >= 4 is 5.97 Å². The highest BCUT2D eigenvalue weighted by Gasteiger charge is 2.10. The molecule has 0 atom stereocenters. The zero-order valence-electron chi connectivity index (χ0n) is 9.54. The van der Waals surface area contributed by atoms with Gasteiger partial charge in [0.05, 0.1) is 7.11 Å². The Morgan fingerprint density at radius 2 is 2.12 bits per heavy atom. The van der Waals surface area contributed by atoms with Gasteiger partial charge < -0.3 is 4.74 Å². The van der Waals surface area contributed by atoms with E-state index in [9.17, 15) is 4.79 Å². The van der Waals surface area contributed by atoms with Crippen LogP contribution in [0.3, 0.4) is 0 Å². The number of hydrogen-bond donors (Lipinski definition) is 0. The third-order valence-corrected chi connectivity index (χ3v) is 2.38. The normalized spacial score (nSPS) is 10.2. The number of aryl methyl sites for hydroxylation is 2. The summed E-state index contributed by atoms with van der Waals surface area (Å²) in [6.07, 6.45) is 2.39. The molecule has 88 valence electrons. The largest absolute Gasteiger partial charge is 0.463 e. The van der Waals surface area contributed by atoms with Crippen molar-refractivity contribution in [3.63, 3.8) is 0 Å². The van der Waals surface area contributed by atoms with Crippen molar-refractivity contribution in [2.24, 2.45) is 0 Å². The maximum absolute atomic E-state index is 11.1. The first-order chi connectivity index (χ1) is 8.29. The summed E-state index contributed by atoms with van der Waals surface area (Å²) in [4.78, 5) is 15.0. The molecule has 5 heteroatoms. The fourth-order valence-corrected chi connectivity index (χ4v) is 1.48. The Hall–Kier alpha value is -2.17. The number of carbonyl (C=O) groups excluding carboxylic acids is 1. The molecule has 0 saturated heterocycles. The summed E-state index contributed by atoms with van der Waals surface area (Å²) in [6, 6.07) is 10.1. The molecule has 0 unspecified atom stereocenters. The van der Waals surface area contributed by atoms with E-state index in [0.29, 0.717) is 6.54 Å². The lowest BCUT2D eigenvalue weighted by molar-refractivity contribution is 0.0586. The number of aromatic nitrogens is 3. The number of benzene rings is 1. The summed E-state index contributed by atoms with van der Waals surface area (Å²) >= 11 is 0. The predicted octanol–water partition coefficient (Wildman–Crippen LogP) is 1.31.